The first-order chi connectivity index (χ1) is 8.42. The maximum Gasteiger partial charge on any atom is 0.0409 e. The Balaban J connectivity index is 1.81. The van der Waals surface area contributed by atoms with E-state index in [2.05, 4.69) is 64.6 Å². The third-order valence-corrected chi connectivity index (χ3v) is 3.56. The Hall–Kier alpha value is -1.80. The first kappa shape index (κ1) is 10.4. The summed E-state index contributed by atoms with van der Waals surface area (Å²) < 4.78 is 0. The predicted molar refractivity (Wildman–Crippen MR) is 75.6 cm³/mol. The van der Waals surface area contributed by atoms with Crippen molar-refractivity contribution < 1.29 is 0 Å². The zero-order valence-electron chi connectivity index (χ0n) is 9.39. The molecule has 0 unspecified atom stereocenters. The summed E-state index contributed by atoms with van der Waals surface area (Å²) in [6, 6.07) is 17.1. The lowest BCUT2D eigenvalue weighted by molar-refractivity contribution is 1.17. The largest absolute Gasteiger partial charge is 0.381 e. The van der Waals surface area contributed by atoms with Gasteiger partial charge in [-0.25, -0.2) is 0 Å². The molecule has 0 aliphatic heterocycles. The van der Waals surface area contributed by atoms with Crippen LogP contribution >= 0.6 is 11.3 Å². The van der Waals surface area contributed by atoms with Crippen molar-refractivity contribution in [1.29, 1.82) is 0 Å². The number of benzene rings is 2. The molecule has 0 bridgehead atoms. The zero-order valence-corrected chi connectivity index (χ0v) is 10.2. The summed E-state index contributed by atoms with van der Waals surface area (Å²) in [5.41, 5.74) is 2.51. The van der Waals surface area contributed by atoms with E-state index in [0.717, 1.165) is 6.54 Å². The van der Waals surface area contributed by atoms with Gasteiger partial charge >= 0.3 is 0 Å². The van der Waals surface area contributed by atoms with Gasteiger partial charge in [-0.3, -0.25) is 0 Å². The molecule has 0 spiro atoms. The zero-order chi connectivity index (χ0) is 11.5. The quantitative estimate of drug-likeness (QED) is 0.709. The van der Waals surface area contributed by atoms with Crippen molar-refractivity contribution in [2.45, 2.75) is 6.54 Å². The molecular weight excluding hydrogens is 226 g/mol. The van der Waals surface area contributed by atoms with Crippen LogP contribution in [0.1, 0.15) is 5.56 Å². The van der Waals surface area contributed by atoms with Gasteiger partial charge in [0.15, 0.2) is 0 Å². The average Bonchev–Trinajstić information content (AvgIpc) is 2.89. The summed E-state index contributed by atoms with van der Waals surface area (Å²) in [4.78, 5) is 0. The standard InChI is InChI=1S/C15H13NS/c1-2-4-14-9-15(6-5-13(14)3-1)16-10-12-7-8-17-11-12/h1-9,11,16H,10H2. The Bertz CT molecular complexity index is 614. The second-order valence-corrected chi connectivity index (χ2v) is 4.83. The van der Waals surface area contributed by atoms with Crippen molar-refractivity contribution >= 4 is 27.8 Å². The van der Waals surface area contributed by atoms with E-state index in [1.165, 1.54) is 22.0 Å². The molecule has 2 aromatic carbocycles. The Morgan fingerprint density at radius 3 is 2.65 bits per heavy atom. The van der Waals surface area contributed by atoms with Crippen LogP contribution in [0.4, 0.5) is 5.69 Å². The van der Waals surface area contributed by atoms with E-state index in [1.54, 1.807) is 11.3 Å². The van der Waals surface area contributed by atoms with Crippen LogP contribution in [-0.4, -0.2) is 0 Å². The minimum Gasteiger partial charge on any atom is -0.381 e. The highest BCUT2D eigenvalue weighted by atomic mass is 32.1. The average molecular weight is 239 g/mol. The third kappa shape index (κ3) is 2.32. The van der Waals surface area contributed by atoms with Gasteiger partial charge in [-0.05, 0) is 45.3 Å². The van der Waals surface area contributed by atoms with Crippen LogP contribution in [0.2, 0.25) is 0 Å². The van der Waals surface area contributed by atoms with Gasteiger partial charge < -0.3 is 5.32 Å². The fourth-order valence-electron chi connectivity index (χ4n) is 1.90. The van der Waals surface area contributed by atoms with Gasteiger partial charge in [-0.2, -0.15) is 11.3 Å². The van der Waals surface area contributed by atoms with Crippen LogP contribution in [0, 0.1) is 0 Å². The number of hydrogen-bond donors (Lipinski definition) is 1. The lowest BCUT2D eigenvalue weighted by atomic mass is 10.1. The monoisotopic (exact) mass is 239 g/mol. The SMILES string of the molecule is c1ccc2cc(NCc3ccsc3)ccc2c1. The van der Waals surface area contributed by atoms with E-state index in [-0.39, 0.29) is 0 Å². The molecule has 1 N–H and O–H groups in total. The van der Waals surface area contributed by atoms with Gasteiger partial charge in [0.25, 0.3) is 0 Å². The molecule has 0 saturated carbocycles. The first-order valence-corrected chi connectivity index (χ1v) is 6.60. The molecule has 2 heteroatoms. The number of hydrogen-bond acceptors (Lipinski definition) is 2. The number of rotatable bonds is 3. The van der Waals surface area contributed by atoms with Gasteiger partial charge in [0.2, 0.25) is 0 Å². The van der Waals surface area contributed by atoms with Crippen molar-refractivity contribution in [1.82, 2.24) is 0 Å². The molecule has 0 aliphatic rings. The fraction of sp³-hybridized carbons (Fsp3) is 0.0667. The molecule has 1 nitrogen and oxygen atoms in total. The Morgan fingerprint density at radius 2 is 1.82 bits per heavy atom. The molecule has 0 fully saturated rings. The second kappa shape index (κ2) is 4.60. The first-order valence-electron chi connectivity index (χ1n) is 5.65. The maximum atomic E-state index is 3.45. The molecule has 0 aliphatic carbocycles. The molecule has 3 aromatic rings. The highest BCUT2D eigenvalue weighted by Gasteiger charge is 1.96. The lowest BCUT2D eigenvalue weighted by Crippen LogP contribution is -1.97. The van der Waals surface area contributed by atoms with Crippen molar-refractivity contribution in [2.75, 3.05) is 5.32 Å². The minimum atomic E-state index is 0.891. The van der Waals surface area contributed by atoms with E-state index >= 15 is 0 Å². The molecule has 84 valence electrons. The van der Waals surface area contributed by atoms with E-state index in [0.29, 0.717) is 0 Å². The highest BCUT2D eigenvalue weighted by molar-refractivity contribution is 7.07. The van der Waals surface area contributed by atoms with Crippen molar-refractivity contribution in [3.8, 4) is 0 Å². The van der Waals surface area contributed by atoms with E-state index < -0.39 is 0 Å². The van der Waals surface area contributed by atoms with E-state index in [9.17, 15) is 0 Å². The number of anilines is 1. The smallest absolute Gasteiger partial charge is 0.0409 e. The third-order valence-electron chi connectivity index (χ3n) is 2.83. The molecule has 0 atom stereocenters. The summed E-state index contributed by atoms with van der Waals surface area (Å²) in [6.07, 6.45) is 0. The van der Waals surface area contributed by atoms with Crippen LogP contribution in [0.5, 0.6) is 0 Å². The molecule has 0 saturated heterocycles. The molecular formula is C15H13NS. The molecule has 3 rings (SSSR count). The number of fused-ring (bicyclic) bond motifs is 1. The molecule has 0 amide bonds. The van der Waals surface area contributed by atoms with Gasteiger partial charge in [0.05, 0.1) is 0 Å². The molecule has 1 aromatic heterocycles. The van der Waals surface area contributed by atoms with Crippen LogP contribution in [-0.2, 0) is 6.54 Å². The molecule has 17 heavy (non-hydrogen) atoms. The summed E-state index contributed by atoms with van der Waals surface area (Å²) in [5, 5.41) is 10.3. The maximum absolute atomic E-state index is 3.45. The topological polar surface area (TPSA) is 12.0 Å². The summed E-state index contributed by atoms with van der Waals surface area (Å²) in [7, 11) is 0. The highest BCUT2D eigenvalue weighted by Crippen LogP contribution is 2.19. The predicted octanol–water partition coefficient (Wildman–Crippen LogP) is 4.51. The van der Waals surface area contributed by atoms with Gasteiger partial charge in [-0.1, -0.05) is 30.3 Å². The lowest BCUT2D eigenvalue weighted by Gasteiger charge is -2.06. The second-order valence-electron chi connectivity index (χ2n) is 4.05. The molecule has 0 radical (unpaired) electrons. The minimum absolute atomic E-state index is 0.891. The fourth-order valence-corrected chi connectivity index (χ4v) is 2.57. The van der Waals surface area contributed by atoms with Crippen molar-refractivity contribution in [3.63, 3.8) is 0 Å². The normalized spacial score (nSPS) is 10.6. The van der Waals surface area contributed by atoms with Crippen molar-refractivity contribution in [3.05, 3.63) is 64.9 Å². The Kier molecular flexibility index (Phi) is 2.80. The van der Waals surface area contributed by atoms with Gasteiger partial charge in [-0.15, -0.1) is 0 Å². The van der Waals surface area contributed by atoms with Crippen molar-refractivity contribution in [2.24, 2.45) is 0 Å². The number of thiophene rings is 1. The Morgan fingerprint density at radius 1 is 0.941 bits per heavy atom. The van der Waals surface area contributed by atoms with Gasteiger partial charge in [0.1, 0.15) is 0 Å². The van der Waals surface area contributed by atoms with Gasteiger partial charge in [0, 0.05) is 12.2 Å². The van der Waals surface area contributed by atoms with E-state index in [4.69, 9.17) is 0 Å². The van der Waals surface area contributed by atoms with Crippen LogP contribution in [0.3, 0.4) is 0 Å². The van der Waals surface area contributed by atoms with Crippen LogP contribution in [0.15, 0.2) is 59.3 Å². The summed E-state index contributed by atoms with van der Waals surface area (Å²) in [6.45, 7) is 0.891. The molecule has 1 heterocycles. The van der Waals surface area contributed by atoms with Crippen LogP contribution in [0.25, 0.3) is 10.8 Å². The van der Waals surface area contributed by atoms with Crippen LogP contribution < -0.4 is 5.32 Å². The Labute approximate surface area is 105 Å². The van der Waals surface area contributed by atoms with E-state index in [1.807, 2.05) is 0 Å². The summed E-state index contributed by atoms with van der Waals surface area (Å²) in [5.74, 6) is 0. The number of nitrogens with one attached hydrogen (secondary N) is 1. The summed E-state index contributed by atoms with van der Waals surface area (Å²) >= 11 is 1.74.